The van der Waals surface area contributed by atoms with E-state index in [1.165, 1.54) is 52.6 Å². The number of hydrogen-bond donors (Lipinski definition) is 4. The van der Waals surface area contributed by atoms with Crippen LogP contribution in [-0.4, -0.2) is 124 Å². The van der Waals surface area contributed by atoms with Crippen LogP contribution in [0.15, 0.2) is 89.6 Å². The molecule has 0 bridgehead atoms. The molecule has 2 aliphatic heterocycles. The van der Waals surface area contributed by atoms with Crippen LogP contribution in [0.3, 0.4) is 0 Å². The number of nitrogens with one attached hydrogen (secondary N) is 2. The van der Waals surface area contributed by atoms with Gasteiger partial charge in [0.15, 0.2) is 11.4 Å². The van der Waals surface area contributed by atoms with Gasteiger partial charge in [-0.25, -0.2) is 15.0 Å². The SMILES string of the molecule is CC(C)(C)CC(=O)N1CCC(O)C1.COc1ncc(-c2nc3c(n2CCCn2cc(C(=O)NCCCCC(N)=O)nn2)CN(c2cc(Cl)cn(C)c2=O)C3=O)c(OC)n1.Cc1ncsc1-c1ccc(C(C)NC=O)cc1.Clc1ccccc1. The molecule has 0 aliphatic carbocycles. The largest absolute Gasteiger partial charge is 0.480 e. The zero-order valence-corrected chi connectivity index (χ0v) is 50.0. The summed E-state index contributed by atoms with van der Waals surface area (Å²) in [5.41, 5.74) is 11.5. The number of nitrogens with two attached hydrogens (primary N) is 1. The van der Waals surface area contributed by atoms with Crippen molar-refractivity contribution in [3.63, 3.8) is 0 Å². The Balaban J connectivity index is 0.000000239. The van der Waals surface area contributed by atoms with Crippen LogP contribution in [0.5, 0.6) is 11.9 Å². The molecule has 83 heavy (non-hydrogen) atoms. The molecule has 2 aliphatic rings. The third-order valence-corrected chi connectivity index (χ3v) is 14.4. The van der Waals surface area contributed by atoms with Crippen molar-refractivity contribution in [1.29, 1.82) is 0 Å². The van der Waals surface area contributed by atoms with Gasteiger partial charge in [-0.2, -0.15) is 4.98 Å². The number of fused-ring (bicyclic) bond motifs is 1. The van der Waals surface area contributed by atoms with Gasteiger partial charge in [-0.1, -0.05) is 91.7 Å². The first-order valence-electron chi connectivity index (χ1n) is 26.7. The molecule has 0 spiro atoms. The molecule has 0 radical (unpaired) electrons. The van der Waals surface area contributed by atoms with Gasteiger partial charge in [0.2, 0.25) is 24.1 Å². The number of aryl methyl sites for hydroxylation is 3. The molecule has 7 aromatic rings. The van der Waals surface area contributed by atoms with Crippen molar-refractivity contribution in [2.75, 3.05) is 38.8 Å². The normalized spacial score (nSPS) is 13.8. The number of nitrogens with zero attached hydrogens (tertiary/aromatic N) is 11. The van der Waals surface area contributed by atoms with E-state index in [0.717, 1.165) is 35.7 Å². The molecule has 23 nitrogen and oxygen atoms in total. The number of carbonyl (C=O) groups excluding carboxylic acids is 5. The number of aliphatic hydroxyl groups is 1. The average Bonchev–Trinajstić information content (AvgIpc) is 4.52. The summed E-state index contributed by atoms with van der Waals surface area (Å²) in [6.07, 6.45) is 8.19. The van der Waals surface area contributed by atoms with Crippen molar-refractivity contribution in [3.05, 3.63) is 134 Å². The van der Waals surface area contributed by atoms with Gasteiger partial charge in [0.1, 0.15) is 11.5 Å². The lowest BCUT2D eigenvalue weighted by molar-refractivity contribution is -0.132. The van der Waals surface area contributed by atoms with Crippen molar-refractivity contribution in [3.8, 4) is 33.7 Å². The summed E-state index contributed by atoms with van der Waals surface area (Å²) in [6.45, 7) is 12.6. The number of aromatic nitrogens is 9. The molecule has 1 saturated heterocycles. The number of amides is 5. The Bertz CT molecular complexity index is 3380. The number of methoxy groups -OCH3 is 2. The number of hydrogen-bond acceptors (Lipinski definition) is 16. The third-order valence-electron chi connectivity index (χ3n) is 12.9. The monoisotopic (exact) mass is 1200 g/mol. The number of thiazole rings is 1. The second-order valence-electron chi connectivity index (χ2n) is 20.6. The predicted molar refractivity (Wildman–Crippen MR) is 316 cm³/mol. The molecule has 26 heteroatoms. The maximum Gasteiger partial charge on any atom is 0.319 e. The number of benzene rings is 2. The number of unbranched alkanes of at least 4 members (excludes halogenated alkanes) is 1. The number of ether oxygens (including phenoxy) is 2. The molecule has 9 rings (SSSR count). The summed E-state index contributed by atoms with van der Waals surface area (Å²) in [4.78, 5) is 93.5. The smallest absolute Gasteiger partial charge is 0.319 e. The lowest BCUT2D eigenvalue weighted by atomic mass is 9.92. The molecule has 2 aromatic carbocycles. The number of β-amino-alcohol motifs (C(OH)–C–C–N with tert-alkyl or cyclic N) is 1. The van der Waals surface area contributed by atoms with Gasteiger partial charge < -0.3 is 45.0 Å². The Morgan fingerprint density at radius 2 is 1.70 bits per heavy atom. The number of pyridine rings is 1. The van der Waals surface area contributed by atoms with Crippen LogP contribution in [-0.2, 0) is 41.1 Å². The Hall–Kier alpha value is -8.06. The molecular formula is C57H70Cl2N14O9S. The van der Waals surface area contributed by atoms with Gasteiger partial charge in [0.25, 0.3) is 17.4 Å². The van der Waals surface area contributed by atoms with Gasteiger partial charge in [-0.05, 0) is 74.3 Å². The summed E-state index contributed by atoms with van der Waals surface area (Å²) in [7, 11) is 4.44. The highest BCUT2D eigenvalue weighted by atomic mass is 35.5. The van der Waals surface area contributed by atoms with Crippen molar-refractivity contribution in [2.24, 2.45) is 18.2 Å². The van der Waals surface area contributed by atoms with E-state index in [0.29, 0.717) is 74.0 Å². The fourth-order valence-electron chi connectivity index (χ4n) is 8.68. The van der Waals surface area contributed by atoms with E-state index in [4.69, 9.17) is 38.4 Å². The van der Waals surface area contributed by atoms with Crippen molar-refractivity contribution in [1.82, 2.24) is 59.6 Å². The Morgan fingerprint density at radius 3 is 2.30 bits per heavy atom. The van der Waals surface area contributed by atoms with E-state index in [1.807, 2.05) is 66.4 Å². The number of aliphatic hydroxyl groups excluding tert-OH is 1. The van der Waals surface area contributed by atoms with Crippen LogP contribution in [0.25, 0.3) is 21.8 Å². The van der Waals surface area contributed by atoms with Gasteiger partial charge >= 0.3 is 6.01 Å². The predicted octanol–water partition coefficient (Wildman–Crippen LogP) is 7.22. The van der Waals surface area contributed by atoms with E-state index in [-0.39, 0.29) is 82.8 Å². The summed E-state index contributed by atoms with van der Waals surface area (Å²) >= 11 is 13.4. The van der Waals surface area contributed by atoms with E-state index in [2.05, 4.69) is 73.8 Å². The second-order valence-corrected chi connectivity index (χ2v) is 22.4. The molecule has 442 valence electrons. The van der Waals surface area contributed by atoms with E-state index in [1.54, 1.807) is 34.2 Å². The topological polar surface area (TPSA) is 290 Å². The maximum absolute atomic E-state index is 13.6. The highest BCUT2D eigenvalue weighted by molar-refractivity contribution is 7.13. The average molecular weight is 1200 g/mol. The van der Waals surface area contributed by atoms with Crippen molar-refractivity contribution in [2.45, 2.75) is 105 Å². The summed E-state index contributed by atoms with van der Waals surface area (Å²) in [5.74, 6) is -0.446. The first-order chi connectivity index (χ1) is 39.6. The zero-order chi connectivity index (χ0) is 60.4. The molecule has 1 fully saturated rings. The number of halogens is 2. The van der Waals surface area contributed by atoms with Crippen LogP contribution in [0, 0.1) is 12.3 Å². The molecule has 5 N–H and O–H groups in total. The second kappa shape index (κ2) is 30.3. The summed E-state index contributed by atoms with van der Waals surface area (Å²) in [5, 5.41) is 23.9. The minimum atomic E-state index is -0.454. The molecule has 7 heterocycles. The van der Waals surface area contributed by atoms with Crippen LogP contribution < -0.4 is 36.3 Å². The first-order valence-corrected chi connectivity index (χ1v) is 28.3. The van der Waals surface area contributed by atoms with Crippen molar-refractivity contribution < 1.29 is 38.6 Å². The lowest BCUT2D eigenvalue weighted by Gasteiger charge is -2.22. The number of likely N-dealkylation sites (tertiary alicyclic amines) is 1. The minimum Gasteiger partial charge on any atom is -0.480 e. The van der Waals surface area contributed by atoms with E-state index in [9.17, 15) is 33.9 Å². The summed E-state index contributed by atoms with van der Waals surface area (Å²) in [6, 6.07) is 19.3. The molecule has 0 saturated carbocycles. The first kappa shape index (κ1) is 64.1. The van der Waals surface area contributed by atoms with Crippen LogP contribution >= 0.6 is 34.5 Å². The number of anilines is 1. The number of primary amides is 1. The quantitative estimate of drug-likeness (QED) is 0.0459. The fourth-order valence-corrected chi connectivity index (χ4v) is 9.89. The fraction of sp³-hybridized carbons (Fsp3) is 0.404. The number of rotatable bonds is 19. The minimum absolute atomic E-state index is 0.0455. The number of imidazole rings is 1. The third kappa shape index (κ3) is 18.2. The van der Waals surface area contributed by atoms with Gasteiger partial charge in [0.05, 0.1) is 71.5 Å². The van der Waals surface area contributed by atoms with Crippen LogP contribution in [0.2, 0.25) is 10.0 Å². The van der Waals surface area contributed by atoms with Crippen LogP contribution in [0.4, 0.5) is 5.69 Å². The molecular weight excluding hydrogens is 1130 g/mol. The highest BCUT2D eigenvalue weighted by Crippen LogP contribution is 2.35. The Kier molecular flexibility index (Phi) is 23.4. The molecule has 5 amide bonds. The standard InChI is InChI=1S/C28H32ClN11O6.C13H14N2OS.C10H19NO2.C6H5Cl/c1-37-13-16(29)11-19(26(37)43)40-15-20-22(27(40)44)33-23(17-12-32-28(46-3)34-25(17)45-2)39(20)10-6-9-38-14-18(35-36-38)24(42)31-8-5-4-7-21(30)41;1-9(14-7-16)11-3-5-12(6-4-11)13-10(2)15-8-17-13;1-10(2,3)6-9(13)11-5-4-8(12)7-11;7-6-4-2-1-3-5-6/h11-14H,4-10,15H2,1-3H3,(H2,30,41)(H,31,42);3-9H,1-2H3,(H,14,16);8,12H,4-7H2,1-3H3;1-5H. The molecule has 2 atom stereocenters. The van der Waals surface area contributed by atoms with Gasteiger partial charge in [0, 0.05) is 70.0 Å². The molecule has 2 unspecified atom stereocenters. The van der Waals surface area contributed by atoms with E-state index < -0.39 is 5.91 Å². The highest BCUT2D eigenvalue weighted by Gasteiger charge is 2.37. The van der Waals surface area contributed by atoms with Crippen molar-refractivity contribution >= 4 is 70.3 Å². The summed E-state index contributed by atoms with van der Waals surface area (Å²) < 4.78 is 15.3. The number of carbonyl (C=O) groups is 5. The van der Waals surface area contributed by atoms with E-state index >= 15 is 0 Å². The van der Waals surface area contributed by atoms with Gasteiger partial charge in [-0.15, -0.1) is 16.4 Å². The Labute approximate surface area is 495 Å². The lowest BCUT2D eigenvalue weighted by Crippen LogP contribution is -2.32. The zero-order valence-electron chi connectivity index (χ0n) is 47.7. The van der Waals surface area contributed by atoms with Gasteiger partial charge in [-0.3, -0.25) is 38.3 Å². The maximum atomic E-state index is 13.6. The van der Waals surface area contributed by atoms with Crippen LogP contribution in [0.1, 0.15) is 110 Å². The Morgan fingerprint density at radius 1 is 0.964 bits per heavy atom. The molecule has 5 aromatic heterocycles.